The molecule has 0 bridgehead atoms. The maximum absolute atomic E-state index is 12.0. The van der Waals surface area contributed by atoms with Crippen molar-refractivity contribution in [2.45, 2.75) is 31.2 Å². The van der Waals surface area contributed by atoms with Crippen LogP contribution in [0.25, 0.3) is 0 Å². The molecule has 0 radical (unpaired) electrons. The minimum absolute atomic E-state index is 0.465. The van der Waals surface area contributed by atoms with E-state index in [1.54, 1.807) is 6.92 Å². The number of thioether (sulfide) groups is 1. The molecule has 112 valence electrons. The summed E-state index contributed by atoms with van der Waals surface area (Å²) in [5.74, 6) is 0.183. The van der Waals surface area contributed by atoms with Gasteiger partial charge in [-0.05, 0) is 31.1 Å². The first-order valence-electron chi connectivity index (χ1n) is 6.38. The topological polar surface area (TPSA) is 29.1 Å². The van der Waals surface area contributed by atoms with Crippen LogP contribution in [0.1, 0.15) is 18.9 Å². The average molecular weight is 305 g/mol. The second kappa shape index (κ2) is 8.19. The molecule has 20 heavy (non-hydrogen) atoms. The van der Waals surface area contributed by atoms with Crippen LogP contribution < -0.4 is 5.32 Å². The minimum Gasteiger partial charge on any atom is -0.346 e. The van der Waals surface area contributed by atoms with E-state index >= 15 is 0 Å². The molecule has 1 aromatic rings. The molecule has 1 N–H and O–H groups in total. The summed E-state index contributed by atoms with van der Waals surface area (Å²) in [5.41, 5.74) is 1.22. The van der Waals surface area contributed by atoms with E-state index in [2.05, 4.69) is 0 Å². The van der Waals surface area contributed by atoms with Gasteiger partial charge in [-0.15, -0.1) is 11.8 Å². The summed E-state index contributed by atoms with van der Waals surface area (Å²) in [6.45, 7) is 0.361. The number of alkyl halides is 3. The van der Waals surface area contributed by atoms with Gasteiger partial charge in [0.2, 0.25) is 5.91 Å². The fourth-order valence-electron chi connectivity index (χ4n) is 1.59. The summed E-state index contributed by atoms with van der Waals surface area (Å²) in [6.07, 6.45) is -2.55. The van der Waals surface area contributed by atoms with Gasteiger partial charge in [0.05, 0.1) is 5.25 Å². The molecule has 0 fully saturated rings. The molecule has 1 unspecified atom stereocenters. The summed E-state index contributed by atoms with van der Waals surface area (Å²) < 4.78 is 35.9. The third-order valence-corrected chi connectivity index (χ3v) is 3.89. The van der Waals surface area contributed by atoms with Crippen LogP contribution in [-0.2, 0) is 11.2 Å². The van der Waals surface area contributed by atoms with E-state index in [-0.39, 0.29) is 0 Å². The highest BCUT2D eigenvalue weighted by Gasteiger charge is 2.28. The SMILES string of the molecule is CC(SCCCc1ccccc1)C(=O)NCC(F)(F)F. The number of nitrogens with one attached hydrogen (secondary N) is 1. The van der Waals surface area contributed by atoms with E-state index < -0.39 is 23.9 Å². The molecule has 1 aromatic carbocycles. The molecule has 1 amide bonds. The molecular formula is C14H18F3NOS. The molecular weight excluding hydrogens is 287 g/mol. The third kappa shape index (κ3) is 7.43. The minimum atomic E-state index is -4.35. The maximum Gasteiger partial charge on any atom is 0.405 e. The Morgan fingerprint density at radius 3 is 2.55 bits per heavy atom. The molecule has 0 aromatic heterocycles. The summed E-state index contributed by atoms with van der Waals surface area (Å²) in [6, 6.07) is 9.95. The van der Waals surface area contributed by atoms with E-state index in [1.165, 1.54) is 17.3 Å². The number of carbonyl (C=O) groups is 1. The van der Waals surface area contributed by atoms with Gasteiger partial charge in [0, 0.05) is 0 Å². The van der Waals surface area contributed by atoms with Crippen molar-refractivity contribution in [2.24, 2.45) is 0 Å². The van der Waals surface area contributed by atoms with Crippen LogP contribution in [0.2, 0.25) is 0 Å². The fourth-order valence-corrected chi connectivity index (χ4v) is 2.49. The van der Waals surface area contributed by atoms with Crippen molar-refractivity contribution >= 4 is 17.7 Å². The highest BCUT2D eigenvalue weighted by Crippen LogP contribution is 2.16. The molecule has 0 saturated carbocycles. The molecule has 0 aliphatic rings. The standard InChI is InChI=1S/C14H18F3NOS/c1-11(13(19)18-10-14(15,16)17)20-9-5-8-12-6-3-2-4-7-12/h2-4,6-7,11H,5,8-10H2,1H3,(H,18,19). The summed E-state index contributed by atoms with van der Waals surface area (Å²) in [7, 11) is 0. The zero-order valence-electron chi connectivity index (χ0n) is 11.2. The van der Waals surface area contributed by atoms with Crippen LogP contribution in [0.4, 0.5) is 13.2 Å². The predicted octanol–water partition coefficient (Wildman–Crippen LogP) is 3.42. The van der Waals surface area contributed by atoms with Gasteiger partial charge >= 0.3 is 6.18 Å². The first-order chi connectivity index (χ1) is 9.38. The van der Waals surface area contributed by atoms with Gasteiger partial charge in [-0.1, -0.05) is 30.3 Å². The Labute approximate surface area is 121 Å². The van der Waals surface area contributed by atoms with Gasteiger partial charge in [0.15, 0.2) is 0 Å². The number of halogens is 3. The Bertz CT molecular complexity index is 409. The van der Waals surface area contributed by atoms with Gasteiger partial charge in [-0.25, -0.2) is 0 Å². The molecule has 2 nitrogen and oxygen atoms in total. The van der Waals surface area contributed by atoms with Gasteiger partial charge in [-0.2, -0.15) is 13.2 Å². The normalized spacial score (nSPS) is 13.0. The van der Waals surface area contributed by atoms with E-state index in [0.717, 1.165) is 18.6 Å². The second-order valence-electron chi connectivity index (χ2n) is 4.44. The molecule has 1 atom stereocenters. The van der Waals surface area contributed by atoms with Gasteiger partial charge in [-0.3, -0.25) is 4.79 Å². The van der Waals surface area contributed by atoms with Crippen molar-refractivity contribution in [2.75, 3.05) is 12.3 Å². The van der Waals surface area contributed by atoms with Crippen LogP contribution in [0.15, 0.2) is 30.3 Å². The van der Waals surface area contributed by atoms with Gasteiger partial charge in [0.25, 0.3) is 0 Å². The van der Waals surface area contributed by atoms with Crippen LogP contribution in [-0.4, -0.2) is 29.6 Å². The van der Waals surface area contributed by atoms with Crippen molar-refractivity contribution in [1.29, 1.82) is 0 Å². The lowest BCUT2D eigenvalue weighted by Gasteiger charge is -2.13. The number of carbonyl (C=O) groups excluding carboxylic acids is 1. The summed E-state index contributed by atoms with van der Waals surface area (Å²) >= 11 is 1.37. The molecule has 6 heteroatoms. The Balaban J connectivity index is 2.16. The lowest BCUT2D eigenvalue weighted by Crippen LogP contribution is -2.38. The van der Waals surface area contributed by atoms with Crippen LogP contribution >= 0.6 is 11.8 Å². The van der Waals surface area contributed by atoms with E-state index in [9.17, 15) is 18.0 Å². The average Bonchev–Trinajstić information content (AvgIpc) is 2.41. The Hall–Kier alpha value is -1.17. The molecule has 0 saturated heterocycles. The van der Waals surface area contributed by atoms with Crippen molar-refractivity contribution < 1.29 is 18.0 Å². The highest BCUT2D eigenvalue weighted by atomic mass is 32.2. The van der Waals surface area contributed by atoms with E-state index in [1.807, 2.05) is 35.6 Å². The van der Waals surface area contributed by atoms with Crippen molar-refractivity contribution in [3.63, 3.8) is 0 Å². The van der Waals surface area contributed by atoms with Crippen LogP contribution in [0.3, 0.4) is 0 Å². The van der Waals surface area contributed by atoms with Crippen LogP contribution in [0.5, 0.6) is 0 Å². The lowest BCUT2D eigenvalue weighted by atomic mass is 10.1. The molecule has 0 aliphatic heterocycles. The highest BCUT2D eigenvalue weighted by molar-refractivity contribution is 8.00. The molecule has 0 heterocycles. The van der Waals surface area contributed by atoms with Gasteiger partial charge < -0.3 is 5.32 Å². The number of benzene rings is 1. The number of aryl methyl sites for hydroxylation is 1. The number of rotatable bonds is 7. The van der Waals surface area contributed by atoms with Crippen molar-refractivity contribution in [3.05, 3.63) is 35.9 Å². The monoisotopic (exact) mass is 305 g/mol. The zero-order valence-corrected chi connectivity index (χ0v) is 12.1. The number of amides is 1. The number of hydrogen-bond acceptors (Lipinski definition) is 2. The van der Waals surface area contributed by atoms with Crippen molar-refractivity contribution in [1.82, 2.24) is 5.32 Å². The molecule has 0 aliphatic carbocycles. The maximum atomic E-state index is 12.0. The Morgan fingerprint density at radius 1 is 1.30 bits per heavy atom. The number of hydrogen-bond donors (Lipinski definition) is 1. The summed E-state index contributed by atoms with van der Waals surface area (Å²) in [4.78, 5) is 11.4. The zero-order chi connectivity index (χ0) is 15.0. The van der Waals surface area contributed by atoms with Gasteiger partial charge in [0.1, 0.15) is 6.54 Å². The quantitative estimate of drug-likeness (QED) is 0.782. The third-order valence-electron chi connectivity index (χ3n) is 2.65. The summed E-state index contributed by atoms with van der Waals surface area (Å²) in [5, 5.41) is 1.43. The van der Waals surface area contributed by atoms with E-state index in [0.29, 0.717) is 0 Å². The van der Waals surface area contributed by atoms with Crippen LogP contribution in [0, 0.1) is 0 Å². The van der Waals surface area contributed by atoms with E-state index in [4.69, 9.17) is 0 Å². The molecule has 1 rings (SSSR count). The fraction of sp³-hybridized carbons (Fsp3) is 0.500. The second-order valence-corrected chi connectivity index (χ2v) is 5.88. The Morgan fingerprint density at radius 2 is 1.95 bits per heavy atom. The Kier molecular flexibility index (Phi) is 6.91. The largest absolute Gasteiger partial charge is 0.405 e. The first kappa shape index (κ1) is 16.9. The molecule has 0 spiro atoms. The van der Waals surface area contributed by atoms with Crippen molar-refractivity contribution in [3.8, 4) is 0 Å². The first-order valence-corrected chi connectivity index (χ1v) is 7.43. The predicted molar refractivity (Wildman–Crippen MR) is 75.7 cm³/mol. The lowest BCUT2D eigenvalue weighted by molar-refractivity contribution is -0.137. The smallest absolute Gasteiger partial charge is 0.346 e.